The van der Waals surface area contributed by atoms with E-state index >= 15 is 0 Å². The van der Waals surface area contributed by atoms with E-state index in [1.165, 1.54) is 12.1 Å². The third kappa shape index (κ3) is 5.39. The van der Waals surface area contributed by atoms with Gasteiger partial charge in [0.2, 0.25) is 5.91 Å². The zero-order valence-electron chi connectivity index (χ0n) is 15.7. The average Bonchev–Trinajstić information content (AvgIpc) is 2.75. The molecular weight excluding hydrogens is 392 g/mol. The number of nitrogens with one attached hydrogen (secondary N) is 2. The first kappa shape index (κ1) is 20.5. The number of amides is 3. The molecular formula is C21H21ClN4O3. The van der Waals surface area contributed by atoms with Crippen molar-refractivity contribution in [3.05, 3.63) is 58.6 Å². The summed E-state index contributed by atoms with van der Waals surface area (Å²) in [5.41, 5.74) is 1.77. The Bertz CT molecular complexity index is 932. The smallest absolute Gasteiger partial charge is 0.317 e. The van der Waals surface area contributed by atoms with E-state index in [0.717, 1.165) is 5.56 Å². The summed E-state index contributed by atoms with van der Waals surface area (Å²) < 4.78 is 0. The molecule has 1 aliphatic heterocycles. The van der Waals surface area contributed by atoms with Crippen LogP contribution in [-0.2, 0) is 11.3 Å². The number of hydrogen-bond acceptors (Lipinski definition) is 4. The second kappa shape index (κ2) is 9.30. The van der Waals surface area contributed by atoms with Crippen molar-refractivity contribution in [2.24, 2.45) is 5.92 Å². The van der Waals surface area contributed by atoms with Gasteiger partial charge in [0.25, 0.3) is 0 Å². The summed E-state index contributed by atoms with van der Waals surface area (Å²) in [6, 6.07) is 13.4. The first-order chi connectivity index (χ1) is 14.0. The zero-order valence-corrected chi connectivity index (χ0v) is 16.4. The number of phenolic OH excluding ortho intramolecular Hbond substituents is 1. The van der Waals surface area contributed by atoms with Gasteiger partial charge < -0.3 is 20.6 Å². The highest BCUT2D eigenvalue weighted by Gasteiger charge is 2.27. The minimum Gasteiger partial charge on any atom is -0.506 e. The van der Waals surface area contributed by atoms with Crippen molar-refractivity contribution >= 4 is 29.2 Å². The largest absolute Gasteiger partial charge is 0.506 e. The topological polar surface area (TPSA) is 105 Å². The molecule has 3 rings (SSSR count). The number of nitriles is 1. The van der Waals surface area contributed by atoms with Crippen LogP contribution in [0.3, 0.4) is 0 Å². The number of hydrogen-bond donors (Lipinski definition) is 3. The maximum Gasteiger partial charge on any atom is 0.317 e. The van der Waals surface area contributed by atoms with Crippen LogP contribution in [0, 0.1) is 17.2 Å². The summed E-state index contributed by atoms with van der Waals surface area (Å²) in [6.07, 6.45) is 1.08. The number of aromatic hydroxyl groups is 1. The molecule has 0 atom stereocenters. The Hall–Kier alpha value is -3.24. The molecule has 29 heavy (non-hydrogen) atoms. The van der Waals surface area contributed by atoms with E-state index in [0.29, 0.717) is 43.1 Å². The predicted molar refractivity (Wildman–Crippen MR) is 109 cm³/mol. The minimum absolute atomic E-state index is 0.0395. The monoisotopic (exact) mass is 412 g/mol. The molecule has 1 heterocycles. The van der Waals surface area contributed by atoms with Crippen molar-refractivity contribution in [3.63, 3.8) is 0 Å². The highest BCUT2D eigenvalue weighted by atomic mass is 35.5. The lowest BCUT2D eigenvalue weighted by atomic mass is 9.96. The molecule has 1 saturated heterocycles. The predicted octanol–water partition coefficient (Wildman–Crippen LogP) is 3.48. The van der Waals surface area contributed by atoms with Gasteiger partial charge in [0.15, 0.2) is 0 Å². The number of phenols is 1. The van der Waals surface area contributed by atoms with Crippen LogP contribution < -0.4 is 10.6 Å². The third-order valence-corrected chi connectivity index (χ3v) is 5.13. The Balaban J connectivity index is 1.46. The second-order valence-corrected chi connectivity index (χ2v) is 7.32. The van der Waals surface area contributed by atoms with Crippen molar-refractivity contribution < 1.29 is 14.7 Å². The standard InChI is InChI=1S/C21H21ClN4O3/c22-17-5-6-19(27)18(11-17)25-20(28)16-7-9-26(10-8-16)21(29)24-13-15-3-1-14(12-23)2-4-15/h1-6,11,16,27H,7-10,13H2,(H,24,29)(H,25,28). The molecule has 150 valence electrons. The minimum atomic E-state index is -0.240. The number of carbonyl (C=O) groups excluding carboxylic acids is 2. The molecule has 1 fully saturated rings. The molecule has 0 aromatic heterocycles. The molecule has 0 saturated carbocycles. The quantitative estimate of drug-likeness (QED) is 0.668. The molecule has 2 aromatic carbocycles. The van der Waals surface area contributed by atoms with Crippen LogP contribution in [0.1, 0.15) is 24.0 Å². The number of nitrogens with zero attached hydrogens (tertiary/aromatic N) is 2. The lowest BCUT2D eigenvalue weighted by Crippen LogP contribution is -2.45. The molecule has 0 bridgehead atoms. The number of anilines is 1. The summed E-state index contributed by atoms with van der Waals surface area (Å²) in [7, 11) is 0. The van der Waals surface area contributed by atoms with Gasteiger partial charge in [-0.15, -0.1) is 0 Å². The average molecular weight is 413 g/mol. The Morgan fingerprint density at radius 3 is 2.52 bits per heavy atom. The van der Waals surface area contributed by atoms with Crippen molar-refractivity contribution in [2.75, 3.05) is 18.4 Å². The molecule has 0 unspecified atom stereocenters. The lowest BCUT2D eigenvalue weighted by Gasteiger charge is -2.31. The van der Waals surface area contributed by atoms with E-state index in [1.807, 2.05) is 0 Å². The molecule has 7 nitrogen and oxygen atoms in total. The Morgan fingerprint density at radius 1 is 1.17 bits per heavy atom. The summed E-state index contributed by atoms with van der Waals surface area (Å²) in [5, 5.41) is 24.6. The third-order valence-electron chi connectivity index (χ3n) is 4.90. The van der Waals surface area contributed by atoms with Crippen molar-refractivity contribution in [3.8, 4) is 11.8 Å². The number of halogens is 1. The van der Waals surface area contributed by atoms with E-state index in [-0.39, 0.29) is 29.3 Å². The van der Waals surface area contributed by atoms with Gasteiger partial charge in [-0.25, -0.2) is 4.79 Å². The molecule has 3 N–H and O–H groups in total. The molecule has 0 aliphatic carbocycles. The second-order valence-electron chi connectivity index (χ2n) is 6.88. The SMILES string of the molecule is N#Cc1ccc(CNC(=O)N2CCC(C(=O)Nc3cc(Cl)ccc3O)CC2)cc1. The summed E-state index contributed by atoms with van der Waals surface area (Å²) >= 11 is 5.90. The summed E-state index contributed by atoms with van der Waals surface area (Å²) in [5.74, 6) is -0.474. The van der Waals surface area contributed by atoms with E-state index in [4.69, 9.17) is 16.9 Å². The number of benzene rings is 2. The Labute approximate surface area is 173 Å². The summed E-state index contributed by atoms with van der Waals surface area (Å²) in [4.78, 5) is 26.5. The van der Waals surface area contributed by atoms with E-state index < -0.39 is 0 Å². The number of likely N-dealkylation sites (tertiary alicyclic amines) is 1. The fourth-order valence-electron chi connectivity index (χ4n) is 3.17. The van der Waals surface area contributed by atoms with Crippen LogP contribution in [0.4, 0.5) is 10.5 Å². The highest BCUT2D eigenvalue weighted by molar-refractivity contribution is 6.31. The van der Waals surface area contributed by atoms with Gasteiger partial charge in [0.05, 0.1) is 17.3 Å². The fourth-order valence-corrected chi connectivity index (χ4v) is 3.35. The van der Waals surface area contributed by atoms with Gasteiger partial charge >= 0.3 is 6.03 Å². The van der Waals surface area contributed by atoms with Gasteiger partial charge in [0.1, 0.15) is 5.75 Å². The highest BCUT2D eigenvalue weighted by Crippen LogP contribution is 2.28. The number of rotatable bonds is 4. The van der Waals surface area contributed by atoms with Gasteiger partial charge in [-0.2, -0.15) is 5.26 Å². The van der Waals surface area contributed by atoms with Crippen molar-refractivity contribution in [2.45, 2.75) is 19.4 Å². The van der Waals surface area contributed by atoms with E-state index in [2.05, 4.69) is 16.7 Å². The van der Waals surface area contributed by atoms with Gasteiger partial charge in [0, 0.05) is 30.6 Å². The first-order valence-corrected chi connectivity index (χ1v) is 9.65. The van der Waals surface area contributed by atoms with Crippen LogP contribution in [0.5, 0.6) is 5.75 Å². The molecule has 0 spiro atoms. The van der Waals surface area contributed by atoms with Crippen LogP contribution in [0.2, 0.25) is 5.02 Å². The molecule has 3 amide bonds. The molecule has 1 aliphatic rings. The van der Waals surface area contributed by atoms with Gasteiger partial charge in [-0.05, 0) is 48.7 Å². The summed E-state index contributed by atoms with van der Waals surface area (Å²) in [6.45, 7) is 1.32. The Kier molecular flexibility index (Phi) is 6.57. The maximum absolute atomic E-state index is 12.5. The number of carbonyl (C=O) groups is 2. The van der Waals surface area contributed by atoms with Crippen LogP contribution in [0.25, 0.3) is 0 Å². The molecule has 2 aromatic rings. The molecule has 0 radical (unpaired) electrons. The zero-order chi connectivity index (χ0) is 20.8. The van der Waals surface area contributed by atoms with Crippen LogP contribution >= 0.6 is 11.6 Å². The van der Waals surface area contributed by atoms with E-state index in [9.17, 15) is 14.7 Å². The van der Waals surface area contributed by atoms with Crippen molar-refractivity contribution in [1.82, 2.24) is 10.2 Å². The lowest BCUT2D eigenvalue weighted by molar-refractivity contribution is -0.121. The first-order valence-electron chi connectivity index (χ1n) is 9.27. The van der Waals surface area contributed by atoms with Crippen LogP contribution in [-0.4, -0.2) is 35.0 Å². The van der Waals surface area contributed by atoms with Gasteiger partial charge in [-0.3, -0.25) is 4.79 Å². The van der Waals surface area contributed by atoms with Crippen molar-refractivity contribution in [1.29, 1.82) is 5.26 Å². The van der Waals surface area contributed by atoms with Crippen LogP contribution in [0.15, 0.2) is 42.5 Å². The number of urea groups is 1. The molecule has 8 heteroatoms. The Morgan fingerprint density at radius 2 is 1.86 bits per heavy atom. The maximum atomic E-state index is 12.5. The number of piperidine rings is 1. The normalized spacial score (nSPS) is 14.1. The van der Waals surface area contributed by atoms with E-state index in [1.54, 1.807) is 35.2 Å². The fraction of sp³-hybridized carbons (Fsp3) is 0.286. The van der Waals surface area contributed by atoms with Gasteiger partial charge in [-0.1, -0.05) is 23.7 Å².